The zero-order valence-corrected chi connectivity index (χ0v) is 48.4. The number of hydrogen-bond donors (Lipinski definition) is 1. The highest BCUT2D eigenvalue weighted by atomic mass is 31.2. The molecule has 0 spiro atoms. The van der Waals surface area contributed by atoms with Crippen molar-refractivity contribution < 1.29 is 37.3 Å². The number of rotatable bonds is 51. The second-order valence-electron chi connectivity index (χ2n) is 20.4. The number of nitrogens with one attached hydrogen (secondary N) is 1. The number of carbonyl (C=O) groups is 2. The average molecular weight is 1040 g/mol. The Labute approximate surface area is 449 Å². The van der Waals surface area contributed by atoms with E-state index >= 15 is 0 Å². The number of ether oxygens (including phenoxy) is 1. The maximum Gasteiger partial charge on any atom is 0.306 e. The normalized spacial score (nSPS) is 14.6. The minimum absolute atomic E-state index is 0.0345. The molecule has 0 bridgehead atoms. The third kappa shape index (κ3) is 53.3. The van der Waals surface area contributed by atoms with Gasteiger partial charge in [0.1, 0.15) is 19.3 Å². The first kappa shape index (κ1) is 69.7. The summed E-state index contributed by atoms with van der Waals surface area (Å²) in [6.07, 6.45) is 70.5. The lowest BCUT2D eigenvalue weighted by Gasteiger charge is -2.30. The standard InChI is InChI=1S/C63H109N2O7P/c1-7-10-13-16-19-22-25-27-29-30-31-32-33-34-36-37-40-43-46-49-52-55-62(66)64-60(59-71-73(68,69)70-58-57-65(4,5)6)61(54-51-48-45-42-39-24-21-18-15-12-9-3)72-63(67)56-53-50-47-44-41-38-35-28-26-23-20-17-14-11-8-2/h10-11,13-14,17,19-20,22-23,26-27,29,31-32,34,36,51,54,60-61H,7-9,12,15-16,18,21,24-25,28,30,33,35,37-50,52-53,55-59H2,1-6H3,(H-,64,66,68,69)/b13-10-,14-11+,20-17+,22-19-,26-23+,29-27-,32-31-,36-34-,54-51-. The lowest BCUT2D eigenvalue weighted by Crippen LogP contribution is -2.47. The van der Waals surface area contributed by atoms with E-state index in [-0.39, 0.29) is 31.3 Å². The summed E-state index contributed by atoms with van der Waals surface area (Å²) in [5.41, 5.74) is 0. The van der Waals surface area contributed by atoms with Crippen LogP contribution in [0.15, 0.2) is 109 Å². The summed E-state index contributed by atoms with van der Waals surface area (Å²) in [5.74, 6) is -0.586. The number of amides is 1. The Hall–Kier alpha value is -3.33. The monoisotopic (exact) mass is 1040 g/mol. The largest absolute Gasteiger partial charge is 0.756 e. The van der Waals surface area contributed by atoms with Crippen LogP contribution < -0.4 is 10.2 Å². The van der Waals surface area contributed by atoms with E-state index in [1.54, 1.807) is 0 Å². The fourth-order valence-corrected chi connectivity index (χ4v) is 8.51. The van der Waals surface area contributed by atoms with Gasteiger partial charge in [-0.15, -0.1) is 0 Å². The maximum atomic E-state index is 13.5. The molecule has 0 saturated heterocycles. The molecule has 0 aliphatic rings. The summed E-state index contributed by atoms with van der Waals surface area (Å²) in [6.45, 7) is 6.55. The molecular weight excluding hydrogens is 928 g/mol. The highest BCUT2D eigenvalue weighted by Gasteiger charge is 2.27. The zero-order chi connectivity index (χ0) is 53.6. The number of esters is 1. The zero-order valence-electron chi connectivity index (χ0n) is 47.5. The summed E-state index contributed by atoms with van der Waals surface area (Å²) in [5, 5.41) is 3.01. The van der Waals surface area contributed by atoms with Crippen molar-refractivity contribution in [1.29, 1.82) is 0 Å². The first-order chi connectivity index (χ1) is 35.4. The lowest BCUT2D eigenvalue weighted by atomic mass is 10.1. The highest BCUT2D eigenvalue weighted by molar-refractivity contribution is 7.45. The molecule has 0 aliphatic heterocycles. The van der Waals surface area contributed by atoms with Crippen LogP contribution in [-0.4, -0.2) is 69.4 Å². The molecule has 0 radical (unpaired) electrons. The van der Waals surface area contributed by atoms with Gasteiger partial charge in [-0.1, -0.05) is 227 Å². The number of nitrogens with zero attached hydrogens (tertiary/aromatic N) is 1. The van der Waals surface area contributed by atoms with E-state index < -0.39 is 26.6 Å². The van der Waals surface area contributed by atoms with Gasteiger partial charge in [0.15, 0.2) is 0 Å². The van der Waals surface area contributed by atoms with Crippen molar-refractivity contribution in [2.24, 2.45) is 0 Å². The van der Waals surface area contributed by atoms with Crippen LogP contribution in [0.2, 0.25) is 0 Å². The quantitative estimate of drug-likeness (QED) is 0.0161. The van der Waals surface area contributed by atoms with Gasteiger partial charge in [0.05, 0.1) is 33.8 Å². The van der Waals surface area contributed by atoms with E-state index in [1.807, 2.05) is 33.3 Å². The van der Waals surface area contributed by atoms with Crippen LogP contribution in [0.25, 0.3) is 0 Å². The summed E-state index contributed by atoms with van der Waals surface area (Å²) < 4.78 is 30.2. The number of unbranched alkanes of at least 4 members (excludes halogenated alkanes) is 21. The smallest absolute Gasteiger partial charge is 0.306 e. The number of phosphoric ester groups is 1. The second kappa shape index (κ2) is 52.1. The van der Waals surface area contributed by atoms with Gasteiger partial charge in [0.2, 0.25) is 5.91 Å². The molecule has 3 unspecified atom stereocenters. The van der Waals surface area contributed by atoms with Crippen LogP contribution in [0.3, 0.4) is 0 Å². The summed E-state index contributed by atoms with van der Waals surface area (Å²) in [4.78, 5) is 39.9. The van der Waals surface area contributed by atoms with E-state index in [1.165, 1.54) is 64.2 Å². The minimum atomic E-state index is -4.71. The third-order valence-electron chi connectivity index (χ3n) is 12.3. The second-order valence-corrected chi connectivity index (χ2v) is 21.9. The predicted octanol–water partition coefficient (Wildman–Crippen LogP) is 17.1. The molecule has 0 heterocycles. The van der Waals surface area contributed by atoms with Crippen LogP contribution in [-0.2, 0) is 27.9 Å². The Kier molecular flexibility index (Phi) is 49.7. The van der Waals surface area contributed by atoms with Crippen molar-refractivity contribution in [1.82, 2.24) is 5.32 Å². The van der Waals surface area contributed by atoms with E-state index in [9.17, 15) is 19.0 Å². The van der Waals surface area contributed by atoms with E-state index in [2.05, 4.69) is 123 Å². The van der Waals surface area contributed by atoms with Gasteiger partial charge in [-0.3, -0.25) is 14.2 Å². The molecule has 1 amide bonds. The molecule has 0 rings (SSSR count). The first-order valence-electron chi connectivity index (χ1n) is 29.2. The van der Waals surface area contributed by atoms with Crippen LogP contribution in [0.5, 0.6) is 0 Å². The van der Waals surface area contributed by atoms with Gasteiger partial charge in [-0.2, -0.15) is 0 Å². The number of likely N-dealkylation sites (N-methyl/N-ethyl adjacent to an activating group) is 1. The van der Waals surface area contributed by atoms with Gasteiger partial charge in [0.25, 0.3) is 7.82 Å². The Morgan fingerprint density at radius 2 is 0.945 bits per heavy atom. The first-order valence-corrected chi connectivity index (χ1v) is 30.7. The maximum absolute atomic E-state index is 13.5. The van der Waals surface area contributed by atoms with Crippen molar-refractivity contribution in [2.45, 2.75) is 238 Å². The lowest BCUT2D eigenvalue weighted by molar-refractivity contribution is -0.870. The summed E-state index contributed by atoms with van der Waals surface area (Å²) >= 11 is 0. The van der Waals surface area contributed by atoms with E-state index in [4.69, 9.17) is 13.8 Å². The molecule has 9 nitrogen and oxygen atoms in total. The molecule has 0 fully saturated rings. The molecule has 0 aromatic heterocycles. The van der Waals surface area contributed by atoms with E-state index in [0.717, 1.165) is 116 Å². The van der Waals surface area contributed by atoms with Crippen LogP contribution in [0.4, 0.5) is 0 Å². The van der Waals surface area contributed by atoms with Gasteiger partial charge in [-0.05, 0) is 96.0 Å². The molecule has 0 aromatic carbocycles. The molecule has 0 aliphatic carbocycles. The van der Waals surface area contributed by atoms with Crippen LogP contribution in [0.1, 0.15) is 226 Å². The van der Waals surface area contributed by atoms with E-state index in [0.29, 0.717) is 23.9 Å². The van der Waals surface area contributed by atoms with Gasteiger partial charge < -0.3 is 28.5 Å². The van der Waals surface area contributed by atoms with Gasteiger partial charge >= 0.3 is 5.97 Å². The molecule has 0 aromatic rings. The van der Waals surface area contributed by atoms with Gasteiger partial charge in [0, 0.05) is 12.8 Å². The Bertz CT molecular complexity index is 1620. The molecule has 0 saturated carbocycles. The fourth-order valence-electron chi connectivity index (χ4n) is 7.78. The summed E-state index contributed by atoms with van der Waals surface area (Å²) in [6, 6.07) is -0.910. The number of hydrogen-bond acceptors (Lipinski definition) is 7. The molecule has 3 atom stereocenters. The molecule has 10 heteroatoms. The van der Waals surface area contributed by atoms with Crippen molar-refractivity contribution in [3.63, 3.8) is 0 Å². The molecule has 1 N–H and O–H groups in total. The third-order valence-corrected chi connectivity index (χ3v) is 13.2. The Morgan fingerprint density at radius 3 is 1.47 bits per heavy atom. The van der Waals surface area contributed by atoms with Crippen LogP contribution in [0, 0.1) is 0 Å². The number of phosphoric acid groups is 1. The van der Waals surface area contributed by atoms with Crippen LogP contribution >= 0.6 is 7.82 Å². The molecular formula is C63H109N2O7P. The molecule has 418 valence electrons. The van der Waals surface area contributed by atoms with Crippen molar-refractivity contribution in [3.05, 3.63) is 109 Å². The predicted molar refractivity (Wildman–Crippen MR) is 311 cm³/mol. The average Bonchev–Trinajstić information content (AvgIpc) is 3.35. The Balaban J connectivity index is 5.32. The topological polar surface area (TPSA) is 114 Å². The Morgan fingerprint density at radius 1 is 0.507 bits per heavy atom. The molecule has 73 heavy (non-hydrogen) atoms. The fraction of sp³-hybridized carbons (Fsp3) is 0.683. The van der Waals surface area contributed by atoms with Crippen molar-refractivity contribution in [2.75, 3.05) is 40.9 Å². The van der Waals surface area contributed by atoms with Gasteiger partial charge in [-0.25, -0.2) is 0 Å². The summed E-state index contributed by atoms with van der Waals surface area (Å²) in [7, 11) is 1.15. The number of quaternary nitrogens is 1. The highest BCUT2D eigenvalue weighted by Crippen LogP contribution is 2.38. The SMILES string of the molecule is CC/C=C\C/C=C\C/C=C\C/C=C\C/C=C\CCCCCCCC(=O)NC(COP(=O)([O-])OCC[N+](C)(C)C)C(/C=C\CCCCCCCCCCC)OC(=O)CCCCCCCCC/C=C/C=C/C=C/CC. The number of allylic oxidation sites excluding steroid dienone is 17. The number of carbonyl (C=O) groups excluding carboxylic acids is 2. The van der Waals surface area contributed by atoms with Crippen molar-refractivity contribution >= 4 is 19.7 Å². The minimum Gasteiger partial charge on any atom is -0.756 e. The van der Waals surface area contributed by atoms with Crippen molar-refractivity contribution in [3.8, 4) is 0 Å².